The summed E-state index contributed by atoms with van der Waals surface area (Å²) in [6.45, 7) is 0. The summed E-state index contributed by atoms with van der Waals surface area (Å²) in [5.74, 6) is -0.262. The first-order chi connectivity index (χ1) is 9.69. The van der Waals surface area contributed by atoms with E-state index in [2.05, 4.69) is 0 Å². The fraction of sp³-hybridized carbons (Fsp3) is 0. The van der Waals surface area contributed by atoms with Crippen molar-refractivity contribution in [1.29, 1.82) is 0 Å². The molecule has 0 aliphatic heterocycles. The molecule has 0 atom stereocenters. The molecule has 3 rings (SSSR count). The number of hydrogen-bond donors (Lipinski definition) is 0. The zero-order valence-corrected chi connectivity index (χ0v) is 11.2. The highest BCUT2D eigenvalue weighted by Crippen LogP contribution is 2.32. The van der Waals surface area contributed by atoms with E-state index in [1.165, 1.54) is 6.07 Å². The lowest BCUT2D eigenvalue weighted by molar-refractivity contribution is 0.112. The van der Waals surface area contributed by atoms with Crippen molar-refractivity contribution in [3.63, 3.8) is 0 Å². The zero-order chi connectivity index (χ0) is 14.1. The Morgan fingerprint density at radius 3 is 2.45 bits per heavy atom. The molecule has 0 spiro atoms. The summed E-state index contributed by atoms with van der Waals surface area (Å²) in [6, 6.07) is 15.5. The molecule has 20 heavy (non-hydrogen) atoms. The van der Waals surface area contributed by atoms with Crippen LogP contribution in [0.25, 0.3) is 21.9 Å². The number of aldehydes is 1. The third-order valence-corrected chi connectivity index (χ3v) is 3.46. The van der Waals surface area contributed by atoms with E-state index in [0.717, 1.165) is 22.8 Å². The molecule has 0 aliphatic carbocycles. The monoisotopic (exact) mass is 284 g/mol. The van der Waals surface area contributed by atoms with Crippen molar-refractivity contribution >= 4 is 28.7 Å². The van der Waals surface area contributed by atoms with Gasteiger partial charge in [-0.15, -0.1) is 0 Å². The first-order valence-corrected chi connectivity index (χ1v) is 6.50. The Morgan fingerprint density at radius 2 is 1.70 bits per heavy atom. The molecule has 1 nitrogen and oxygen atoms in total. The Bertz CT molecular complexity index is 811. The second-order valence-corrected chi connectivity index (χ2v) is 4.97. The highest BCUT2D eigenvalue weighted by atomic mass is 35.5. The summed E-state index contributed by atoms with van der Waals surface area (Å²) in [6.07, 6.45) is 0.751. The molecule has 0 aliphatic rings. The molecule has 0 saturated heterocycles. The van der Waals surface area contributed by atoms with Gasteiger partial charge in [-0.1, -0.05) is 41.9 Å². The van der Waals surface area contributed by atoms with Crippen molar-refractivity contribution in [3.05, 3.63) is 71.0 Å². The first-order valence-electron chi connectivity index (χ1n) is 6.12. The molecule has 0 bridgehead atoms. The van der Waals surface area contributed by atoms with E-state index >= 15 is 0 Å². The number of halogens is 2. The van der Waals surface area contributed by atoms with Gasteiger partial charge in [-0.05, 0) is 40.8 Å². The fourth-order valence-corrected chi connectivity index (χ4v) is 2.59. The van der Waals surface area contributed by atoms with Crippen molar-refractivity contribution in [2.75, 3.05) is 0 Å². The van der Waals surface area contributed by atoms with E-state index in [1.54, 1.807) is 36.4 Å². The van der Waals surface area contributed by atoms with Crippen LogP contribution in [0.5, 0.6) is 0 Å². The number of rotatable bonds is 2. The number of carbonyl (C=O) groups is 1. The van der Waals surface area contributed by atoms with Gasteiger partial charge in [0.25, 0.3) is 0 Å². The third kappa shape index (κ3) is 2.19. The standard InChI is InChI=1S/C17H10ClFO/c18-13-8-11(10-20)7-12(9-13)14-5-6-17(19)16-4-2-1-3-15(14)16/h1-10H. The number of fused-ring (bicyclic) bond motifs is 1. The van der Waals surface area contributed by atoms with Crippen molar-refractivity contribution in [3.8, 4) is 11.1 Å². The molecule has 0 fully saturated rings. The van der Waals surface area contributed by atoms with Gasteiger partial charge >= 0.3 is 0 Å². The molecule has 3 heteroatoms. The van der Waals surface area contributed by atoms with Crippen LogP contribution in [0.15, 0.2) is 54.6 Å². The van der Waals surface area contributed by atoms with Gasteiger partial charge < -0.3 is 0 Å². The van der Waals surface area contributed by atoms with Crippen LogP contribution in [0.1, 0.15) is 10.4 Å². The number of hydrogen-bond acceptors (Lipinski definition) is 1. The molecule has 0 amide bonds. The minimum atomic E-state index is -0.262. The molecular weight excluding hydrogens is 275 g/mol. The number of carbonyl (C=O) groups excluding carboxylic acids is 1. The van der Waals surface area contributed by atoms with Gasteiger partial charge in [-0.2, -0.15) is 0 Å². The summed E-state index contributed by atoms with van der Waals surface area (Å²) in [5.41, 5.74) is 2.16. The highest BCUT2D eigenvalue weighted by Gasteiger charge is 2.08. The normalized spacial score (nSPS) is 10.7. The van der Waals surface area contributed by atoms with Crippen LogP contribution in [0, 0.1) is 5.82 Å². The van der Waals surface area contributed by atoms with Gasteiger partial charge in [0.05, 0.1) is 0 Å². The van der Waals surface area contributed by atoms with Crippen molar-refractivity contribution in [1.82, 2.24) is 0 Å². The SMILES string of the molecule is O=Cc1cc(Cl)cc(-c2ccc(F)c3ccccc23)c1. The maximum atomic E-state index is 13.8. The summed E-state index contributed by atoms with van der Waals surface area (Å²) in [5, 5.41) is 1.84. The summed E-state index contributed by atoms with van der Waals surface area (Å²) >= 11 is 6.03. The van der Waals surface area contributed by atoms with Crippen LogP contribution in [-0.2, 0) is 0 Å². The second-order valence-electron chi connectivity index (χ2n) is 4.53. The van der Waals surface area contributed by atoms with Crippen LogP contribution >= 0.6 is 11.6 Å². The van der Waals surface area contributed by atoms with Gasteiger partial charge in [-0.25, -0.2) is 4.39 Å². The van der Waals surface area contributed by atoms with E-state index < -0.39 is 0 Å². The Kier molecular flexibility index (Phi) is 3.25. The molecule has 0 saturated carbocycles. The lowest BCUT2D eigenvalue weighted by Gasteiger charge is -2.09. The van der Waals surface area contributed by atoms with E-state index in [4.69, 9.17) is 11.6 Å². The Morgan fingerprint density at radius 1 is 0.950 bits per heavy atom. The Labute approximate surface area is 120 Å². The molecule has 0 unspecified atom stereocenters. The number of benzene rings is 3. The van der Waals surface area contributed by atoms with Gasteiger partial charge in [0.1, 0.15) is 12.1 Å². The molecule has 0 radical (unpaired) electrons. The largest absolute Gasteiger partial charge is 0.298 e. The summed E-state index contributed by atoms with van der Waals surface area (Å²) in [4.78, 5) is 10.9. The summed E-state index contributed by atoms with van der Waals surface area (Å²) in [7, 11) is 0. The smallest absolute Gasteiger partial charge is 0.150 e. The Hall–Kier alpha value is -2.19. The topological polar surface area (TPSA) is 17.1 Å². The zero-order valence-electron chi connectivity index (χ0n) is 10.4. The molecule has 3 aromatic rings. The van der Waals surface area contributed by atoms with E-state index in [1.807, 2.05) is 12.1 Å². The minimum Gasteiger partial charge on any atom is -0.298 e. The molecule has 3 aromatic carbocycles. The van der Waals surface area contributed by atoms with Gasteiger partial charge in [0.15, 0.2) is 0 Å². The Balaban J connectivity index is 2.32. The van der Waals surface area contributed by atoms with Crippen molar-refractivity contribution < 1.29 is 9.18 Å². The fourth-order valence-electron chi connectivity index (χ4n) is 2.35. The predicted octanol–water partition coefficient (Wildman–Crippen LogP) is 5.11. The lowest BCUT2D eigenvalue weighted by Crippen LogP contribution is -1.87. The highest BCUT2D eigenvalue weighted by molar-refractivity contribution is 6.31. The molecule has 98 valence electrons. The van der Waals surface area contributed by atoms with E-state index in [-0.39, 0.29) is 5.82 Å². The van der Waals surface area contributed by atoms with Crippen LogP contribution in [0.4, 0.5) is 4.39 Å². The van der Waals surface area contributed by atoms with Crippen LogP contribution in [0.2, 0.25) is 5.02 Å². The van der Waals surface area contributed by atoms with Gasteiger partial charge in [-0.3, -0.25) is 4.79 Å². The van der Waals surface area contributed by atoms with Gasteiger partial charge in [0.2, 0.25) is 0 Å². The summed E-state index contributed by atoms with van der Waals surface area (Å²) < 4.78 is 13.8. The maximum absolute atomic E-state index is 13.8. The first kappa shape index (κ1) is 12.8. The van der Waals surface area contributed by atoms with Crippen LogP contribution in [0.3, 0.4) is 0 Å². The minimum absolute atomic E-state index is 0.262. The average Bonchev–Trinajstić information content (AvgIpc) is 2.47. The quantitative estimate of drug-likeness (QED) is 0.598. The molecule has 0 heterocycles. The predicted molar refractivity (Wildman–Crippen MR) is 79.7 cm³/mol. The van der Waals surface area contributed by atoms with Crippen molar-refractivity contribution in [2.24, 2.45) is 0 Å². The van der Waals surface area contributed by atoms with Crippen LogP contribution < -0.4 is 0 Å². The molecule has 0 N–H and O–H groups in total. The van der Waals surface area contributed by atoms with E-state index in [9.17, 15) is 9.18 Å². The lowest BCUT2D eigenvalue weighted by atomic mass is 9.97. The average molecular weight is 285 g/mol. The van der Waals surface area contributed by atoms with Crippen LogP contribution in [-0.4, -0.2) is 6.29 Å². The second kappa shape index (κ2) is 5.06. The third-order valence-electron chi connectivity index (χ3n) is 3.24. The van der Waals surface area contributed by atoms with E-state index in [0.29, 0.717) is 16.0 Å². The maximum Gasteiger partial charge on any atom is 0.150 e. The molecular formula is C17H10ClFO. The van der Waals surface area contributed by atoms with Crippen molar-refractivity contribution in [2.45, 2.75) is 0 Å². The molecule has 0 aromatic heterocycles. The van der Waals surface area contributed by atoms with Gasteiger partial charge in [0, 0.05) is 16.0 Å².